The molecule has 0 spiro atoms. The molecule has 8 rings (SSSR count). The molecule has 0 unspecified atom stereocenters. The van der Waals surface area contributed by atoms with Crippen LogP contribution in [0.3, 0.4) is 0 Å². The molecule has 0 aliphatic heterocycles. The minimum absolute atomic E-state index is 0.449. The maximum atomic E-state index is 7.82. The lowest BCUT2D eigenvalue weighted by Gasteiger charge is -2.37. The third-order valence-electron chi connectivity index (χ3n) is 9.55. The van der Waals surface area contributed by atoms with Crippen LogP contribution in [0, 0.1) is 47.4 Å². The molecule has 0 nitrogen and oxygen atoms in total. The molecule has 0 aliphatic rings. The highest BCUT2D eigenvalue weighted by atomic mass is 14.4. The summed E-state index contributed by atoms with van der Waals surface area (Å²) >= 11 is 0. The van der Waals surface area contributed by atoms with E-state index in [-0.39, 0.29) is 0 Å². The van der Waals surface area contributed by atoms with Gasteiger partial charge in [-0.2, -0.15) is 0 Å². The van der Waals surface area contributed by atoms with Gasteiger partial charge in [0.05, 0.1) is 10.9 Å². The smallest absolute Gasteiger partial charge is 0.0622 e. The number of hydrogen-bond donors (Lipinski definition) is 0. The monoisotopic (exact) mass is 728 g/mol. The fourth-order valence-electron chi connectivity index (χ4n) is 6.67. The minimum Gasteiger partial charge on any atom is -0.0622 e. The zero-order chi connectivity index (χ0) is 42.0. The molecule has 57 heavy (non-hydrogen) atoms. The first kappa shape index (κ1) is 31.4. The van der Waals surface area contributed by atoms with Crippen molar-refractivity contribution in [3.63, 3.8) is 0 Å². The van der Waals surface area contributed by atoms with Gasteiger partial charge in [-0.1, -0.05) is 169 Å². The highest BCUT2D eigenvalue weighted by molar-refractivity contribution is 5.63. The average molecular weight is 729 g/mol. The van der Waals surface area contributed by atoms with Crippen molar-refractivity contribution in [1.29, 1.82) is 0 Å². The molecule has 0 atom stereocenters. The van der Waals surface area contributed by atoms with Crippen molar-refractivity contribution in [3.8, 4) is 47.4 Å². The van der Waals surface area contributed by atoms with Gasteiger partial charge in [-0.25, -0.2) is 0 Å². The first-order chi connectivity index (χ1) is 29.8. The van der Waals surface area contributed by atoms with Gasteiger partial charge in [-0.3, -0.25) is 0 Å². The summed E-state index contributed by atoms with van der Waals surface area (Å²) in [5.41, 5.74) is 10.2. The summed E-state index contributed by atoms with van der Waals surface area (Å²) < 4.78 is 31.3. The van der Waals surface area contributed by atoms with Crippen molar-refractivity contribution < 1.29 is 5.48 Å². The predicted molar refractivity (Wildman–Crippen MR) is 234 cm³/mol. The summed E-state index contributed by atoms with van der Waals surface area (Å²) in [4.78, 5) is 0. The van der Waals surface area contributed by atoms with Crippen molar-refractivity contribution in [3.05, 3.63) is 285 Å². The molecule has 0 heteroatoms. The summed E-state index contributed by atoms with van der Waals surface area (Å²) in [6.07, 6.45) is 0. The molecule has 264 valence electrons. The quantitative estimate of drug-likeness (QED) is 0.125. The SMILES string of the molecule is [3H]c1ccc(C#Cc2ccc(C(c3ccc(C#Cc4ccc([3H])cc4)cc3)(c3ccc(C#Cc4ccc([3H])cc4)cc3)c3ccc(C#Cc4ccc([3H])cc4)cc3)cc2)cc1. The van der Waals surface area contributed by atoms with Gasteiger partial charge in [0, 0.05) is 44.5 Å². The van der Waals surface area contributed by atoms with Gasteiger partial charge in [0.2, 0.25) is 0 Å². The lowest BCUT2D eigenvalue weighted by Crippen LogP contribution is -2.31. The van der Waals surface area contributed by atoms with Crippen LogP contribution in [0.1, 0.15) is 72.2 Å². The van der Waals surface area contributed by atoms with Crippen molar-refractivity contribution in [1.82, 2.24) is 0 Å². The summed E-state index contributed by atoms with van der Waals surface area (Å²) in [6.45, 7) is 0. The Morgan fingerprint density at radius 2 is 0.386 bits per heavy atom. The normalized spacial score (nSPS) is 11.2. The Bertz CT molecular complexity index is 2610. The lowest BCUT2D eigenvalue weighted by molar-refractivity contribution is 0.744. The van der Waals surface area contributed by atoms with E-state index in [1.807, 2.05) is 48.5 Å². The molecule has 8 aromatic rings. The van der Waals surface area contributed by atoms with Crippen LogP contribution in [0.25, 0.3) is 0 Å². The fraction of sp³-hybridized carbons (Fsp3) is 0.0175. The van der Waals surface area contributed by atoms with Gasteiger partial charge in [-0.05, 0) is 119 Å². The molecule has 0 amide bonds. The molecule has 0 saturated heterocycles. The molecular formula is C57H36. The first-order valence-electron chi connectivity index (χ1n) is 20.6. The van der Waals surface area contributed by atoms with Gasteiger partial charge in [0.15, 0.2) is 0 Å². The van der Waals surface area contributed by atoms with Gasteiger partial charge in [0.1, 0.15) is 0 Å². The van der Waals surface area contributed by atoms with Crippen molar-refractivity contribution in [2.45, 2.75) is 5.41 Å². The zero-order valence-electron chi connectivity index (χ0n) is 35.0. The predicted octanol–water partition coefficient (Wildman–Crippen LogP) is 11.7. The molecular weight excluding hydrogens is 685 g/mol. The minimum atomic E-state index is -0.794. The number of rotatable bonds is 4. The van der Waals surface area contributed by atoms with Gasteiger partial charge >= 0.3 is 0 Å². The Hall–Kier alpha value is -8.00. The van der Waals surface area contributed by atoms with E-state index >= 15 is 0 Å². The summed E-state index contributed by atoms with van der Waals surface area (Å²) in [6, 6.07) is 64.3. The van der Waals surface area contributed by atoms with Gasteiger partial charge in [-0.15, -0.1) is 0 Å². The summed E-state index contributed by atoms with van der Waals surface area (Å²) in [5.74, 6) is 26.2. The van der Waals surface area contributed by atoms with E-state index < -0.39 is 5.41 Å². The van der Waals surface area contributed by atoms with Gasteiger partial charge < -0.3 is 0 Å². The molecule has 0 bridgehead atoms. The Labute approximate surface area is 342 Å². The van der Waals surface area contributed by atoms with E-state index in [0.717, 1.165) is 66.8 Å². The average Bonchev–Trinajstić information content (AvgIpc) is 3.30. The van der Waals surface area contributed by atoms with Crippen LogP contribution in [0.2, 0.25) is 0 Å². The second kappa shape index (κ2) is 17.4. The third kappa shape index (κ3) is 8.71. The van der Waals surface area contributed by atoms with Gasteiger partial charge in [0.25, 0.3) is 0 Å². The first-order valence-corrected chi connectivity index (χ1v) is 18.6. The van der Waals surface area contributed by atoms with E-state index in [0.29, 0.717) is 24.2 Å². The molecule has 0 heterocycles. The third-order valence-corrected chi connectivity index (χ3v) is 9.55. The number of hydrogen-bond acceptors (Lipinski definition) is 0. The maximum Gasteiger partial charge on any atom is 0.0701 e. The molecule has 0 aromatic heterocycles. The zero-order valence-corrected chi connectivity index (χ0v) is 31.0. The van der Waals surface area contributed by atoms with Crippen LogP contribution in [0.5, 0.6) is 0 Å². The van der Waals surface area contributed by atoms with Crippen LogP contribution >= 0.6 is 0 Å². The van der Waals surface area contributed by atoms with E-state index in [9.17, 15) is 0 Å². The topological polar surface area (TPSA) is 0 Å². The van der Waals surface area contributed by atoms with E-state index in [1.54, 1.807) is 48.5 Å². The standard InChI is InChI=1S/C57H36/c1-5-13-45(14-6-1)21-25-49-29-37-53(38-30-49)57(54-39-31-50(32-40-54)26-22-46-15-7-2-8-16-46,55-41-33-51(34-42-55)27-23-47-17-9-3-10-18-47)56-43-35-52(36-44-56)28-24-48-19-11-4-12-20-48/h1-20,29-44H/i1T,2T,3T,4T. The molecule has 0 saturated carbocycles. The molecule has 0 radical (unpaired) electrons. The summed E-state index contributed by atoms with van der Waals surface area (Å²) in [7, 11) is 0. The van der Waals surface area contributed by atoms with Crippen molar-refractivity contribution >= 4 is 0 Å². The second-order valence-corrected chi connectivity index (χ2v) is 13.2. The Morgan fingerprint density at radius 3 is 0.561 bits per heavy atom. The van der Waals surface area contributed by atoms with E-state index in [4.69, 9.17) is 5.48 Å². The van der Waals surface area contributed by atoms with E-state index in [1.165, 1.54) is 0 Å². The van der Waals surface area contributed by atoms with Crippen LogP contribution < -0.4 is 0 Å². The summed E-state index contributed by atoms with van der Waals surface area (Å²) in [5, 5.41) is 0. The second-order valence-electron chi connectivity index (χ2n) is 13.2. The molecule has 0 aliphatic carbocycles. The Balaban J connectivity index is 1.26. The fourth-order valence-corrected chi connectivity index (χ4v) is 6.67. The maximum absolute atomic E-state index is 7.82. The molecule has 0 N–H and O–H groups in total. The number of benzene rings is 8. The van der Waals surface area contributed by atoms with Crippen molar-refractivity contribution in [2.75, 3.05) is 0 Å². The lowest BCUT2D eigenvalue weighted by atomic mass is 9.65. The van der Waals surface area contributed by atoms with Crippen LogP contribution in [-0.4, -0.2) is 0 Å². The molecule has 0 fully saturated rings. The van der Waals surface area contributed by atoms with Crippen LogP contribution in [0.15, 0.2) is 218 Å². The van der Waals surface area contributed by atoms with E-state index in [2.05, 4.69) is 144 Å². The largest absolute Gasteiger partial charge is 0.0701 e. The Morgan fingerprint density at radius 1 is 0.228 bits per heavy atom. The highest BCUT2D eigenvalue weighted by Crippen LogP contribution is 2.45. The molecule has 8 aromatic carbocycles. The highest BCUT2D eigenvalue weighted by Gasteiger charge is 2.38. The van der Waals surface area contributed by atoms with Crippen LogP contribution in [0.4, 0.5) is 0 Å². The van der Waals surface area contributed by atoms with Crippen LogP contribution in [-0.2, 0) is 5.41 Å². The Kier molecular flexibility index (Phi) is 9.59. The van der Waals surface area contributed by atoms with Crippen molar-refractivity contribution in [2.24, 2.45) is 0 Å².